The number of ketones is 1. The Morgan fingerprint density at radius 1 is 0.724 bits per heavy atom. The first-order valence-corrected chi connectivity index (χ1v) is 8.97. The molecule has 5 nitrogen and oxygen atoms in total. The van der Waals surface area contributed by atoms with E-state index in [0.717, 1.165) is 5.56 Å². The van der Waals surface area contributed by atoms with Gasteiger partial charge in [0.05, 0.1) is 0 Å². The number of carbonyl (C=O) groups excluding carboxylic acids is 3. The lowest BCUT2D eigenvalue weighted by Gasteiger charge is -2.08. The molecular formula is C23H19FN2O3. The van der Waals surface area contributed by atoms with E-state index in [1.807, 2.05) is 0 Å². The van der Waals surface area contributed by atoms with E-state index in [4.69, 9.17) is 0 Å². The van der Waals surface area contributed by atoms with E-state index in [2.05, 4.69) is 10.6 Å². The van der Waals surface area contributed by atoms with E-state index in [1.165, 1.54) is 19.1 Å². The van der Waals surface area contributed by atoms with Gasteiger partial charge in [-0.05, 0) is 73.2 Å². The largest absolute Gasteiger partial charge is 0.348 e. The van der Waals surface area contributed by atoms with Crippen molar-refractivity contribution < 1.29 is 18.8 Å². The fraction of sp³-hybridized carbons (Fsp3) is 0.0870. The van der Waals surface area contributed by atoms with E-state index >= 15 is 0 Å². The molecule has 0 aliphatic rings. The maximum absolute atomic E-state index is 12.9. The molecule has 0 unspecified atom stereocenters. The number of carbonyl (C=O) groups is 3. The molecule has 6 heteroatoms. The smallest absolute Gasteiger partial charge is 0.255 e. The molecule has 3 aromatic carbocycles. The molecule has 0 aliphatic carbocycles. The number of Topliss-reactive ketones (excluding diaryl/α,β-unsaturated/α-hetero) is 1. The average Bonchev–Trinajstić information content (AvgIpc) is 2.73. The Labute approximate surface area is 167 Å². The number of hydrogen-bond acceptors (Lipinski definition) is 3. The molecule has 3 aromatic rings. The summed E-state index contributed by atoms with van der Waals surface area (Å²) in [5, 5.41) is 5.49. The van der Waals surface area contributed by atoms with E-state index in [9.17, 15) is 18.8 Å². The molecule has 2 amide bonds. The third-order valence-electron chi connectivity index (χ3n) is 4.32. The second-order valence-corrected chi connectivity index (χ2v) is 6.47. The Bertz CT molecular complexity index is 1030. The van der Waals surface area contributed by atoms with Crippen molar-refractivity contribution in [3.8, 4) is 0 Å². The molecule has 0 spiro atoms. The van der Waals surface area contributed by atoms with E-state index in [0.29, 0.717) is 22.4 Å². The number of halogens is 1. The van der Waals surface area contributed by atoms with Crippen LogP contribution in [-0.4, -0.2) is 17.6 Å². The number of amides is 2. The minimum absolute atomic E-state index is 0.0452. The van der Waals surface area contributed by atoms with Gasteiger partial charge in [0, 0.05) is 28.9 Å². The molecule has 3 rings (SSSR count). The lowest BCUT2D eigenvalue weighted by atomic mass is 10.1. The topological polar surface area (TPSA) is 75.3 Å². The van der Waals surface area contributed by atoms with Crippen LogP contribution < -0.4 is 10.6 Å². The van der Waals surface area contributed by atoms with Crippen LogP contribution in [0.3, 0.4) is 0 Å². The van der Waals surface area contributed by atoms with Gasteiger partial charge in [0.2, 0.25) is 0 Å². The summed E-state index contributed by atoms with van der Waals surface area (Å²) in [5.74, 6) is -0.986. The van der Waals surface area contributed by atoms with Crippen molar-refractivity contribution in [2.45, 2.75) is 13.5 Å². The van der Waals surface area contributed by atoms with Gasteiger partial charge in [0.15, 0.2) is 5.78 Å². The lowest BCUT2D eigenvalue weighted by Crippen LogP contribution is -2.23. The standard InChI is InChI=1S/C23H19FN2O3/c1-15(27)17-8-12-21(13-9-17)26-23(29)19-6-4-18(5-7-19)22(28)25-14-16-2-10-20(24)11-3-16/h2-13H,14H2,1H3,(H,25,28)(H,26,29). The van der Waals surface area contributed by atoms with Gasteiger partial charge in [-0.1, -0.05) is 12.1 Å². The van der Waals surface area contributed by atoms with Gasteiger partial charge in [-0.25, -0.2) is 4.39 Å². The Morgan fingerprint density at radius 3 is 1.79 bits per heavy atom. The molecule has 29 heavy (non-hydrogen) atoms. The van der Waals surface area contributed by atoms with Crippen molar-refractivity contribution in [2.24, 2.45) is 0 Å². The minimum atomic E-state index is -0.330. The summed E-state index contributed by atoms with van der Waals surface area (Å²) in [6, 6.07) is 18.7. The highest BCUT2D eigenvalue weighted by molar-refractivity contribution is 6.05. The van der Waals surface area contributed by atoms with Crippen molar-refractivity contribution in [1.82, 2.24) is 5.32 Å². The van der Waals surface area contributed by atoms with Crippen molar-refractivity contribution >= 4 is 23.3 Å². The Hall–Kier alpha value is -3.80. The summed E-state index contributed by atoms with van der Waals surface area (Å²) in [5.41, 5.74) is 2.73. The number of nitrogens with one attached hydrogen (secondary N) is 2. The predicted octanol–water partition coefficient (Wildman–Crippen LogP) is 4.21. The van der Waals surface area contributed by atoms with Crippen LogP contribution in [0.25, 0.3) is 0 Å². The average molecular weight is 390 g/mol. The molecule has 0 fully saturated rings. The first-order chi connectivity index (χ1) is 13.9. The van der Waals surface area contributed by atoms with Gasteiger partial charge in [-0.3, -0.25) is 14.4 Å². The molecule has 0 aromatic heterocycles. The lowest BCUT2D eigenvalue weighted by molar-refractivity contribution is 0.0948. The maximum Gasteiger partial charge on any atom is 0.255 e. The van der Waals surface area contributed by atoms with Crippen LogP contribution in [0.4, 0.5) is 10.1 Å². The summed E-state index contributed by atoms with van der Waals surface area (Å²) in [7, 11) is 0. The third-order valence-corrected chi connectivity index (χ3v) is 4.32. The molecule has 0 heterocycles. The SMILES string of the molecule is CC(=O)c1ccc(NC(=O)c2ccc(C(=O)NCc3ccc(F)cc3)cc2)cc1. The van der Waals surface area contributed by atoms with Crippen molar-refractivity contribution in [3.63, 3.8) is 0 Å². The van der Waals surface area contributed by atoms with Crippen LogP contribution >= 0.6 is 0 Å². The highest BCUT2D eigenvalue weighted by atomic mass is 19.1. The number of rotatable bonds is 6. The minimum Gasteiger partial charge on any atom is -0.348 e. The fourth-order valence-corrected chi connectivity index (χ4v) is 2.65. The molecule has 0 bridgehead atoms. The highest BCUT2D eigenvalue weighted by Gasteiger charge is 2.10. The molecule has 0 radical (unpaired) electrons. The molecule has 0 saturated carbocycles. The summed E-state index contributed by atoms with van der Waals surface area (Å²) < 4.78 is 12.9. The van der Waals surface area contributed by atoms with Crippen molar-refractivity contribution in [2.75, 3.05) is 5.32 Å². The summed E-state index contributed by atoms with van der Waals surface area (Å²) in [4.78, 5) is 35.9. The first-order valence-electron chi connectivity index (χ1n) is 8.97. The Kier molecular flexibility index (Phi) is 6.14. The highest BCUT2D eigenvalue weighted by Crippen LogP contribution is 2.13. The van der Waals surface area contributed by atoms with Gasteiger partial charge in [0.25, 0.3) is 11.8 Å². The second kappa shape index (κ2) is 8.93. The number of hydrogen-bond donors (Lipinski definition) is 2. The summed E-state index contributed by atoms with van der Waals surface area (Å²) in [6.07, 6.45) is 0. The third kappa shape index (κ3) is 5.35. The van der Waals surface area contributed by atoms with Crippen molar-refractivity contribution in [3.05, 3.63) is 101 Å². The molecular weight excluding hydrogens is 371 g/mol. The predicted molar refractivity (Wildman–Crippen MR) is 108 cm³/mol. The van der Waals surface area contributed by atoms with Crippen LogP contribution in [0.2, 0.25) is 0 Å². The molecule has 0 atom stereocenters. The van der Waals surface area contributed by atoms with Crippen molar-refractivity contribution in [1.29, 1.82) is 0 Å². The molecule has 0 aliphatic heterocycles. The van der Waals surface area contributed by atoms with Gasteiger partial charge >= 0.3 is 0 Å². The second-order valence-electron chi connectivity index (χ2n) is 6.47. The molecule has 0 saturated heterocycles. The Balaban J connectivity index is 1.58. The Morgan fingerprint density at radius 2 is 1.24 bits per heavy atom. The van der Waals surface area contributed by atoms with Gasteiger partial charge in [-0.2, -0.15) is 0 Å². The van der Waals surface area contributed by atoms with E-state index < -0.39 is 0 Å². The fourth-order valence-electron chi connectivity index (χ4n) is 2.65. The van der Waals surface area contributed by atoms with Gasteiger partial charge in [0.1, 0.15) is 5.82 Å². The zero-order valence-corrected chi connectivity index (χ0v) is 15.7. The zero-order valence-electron chi connectivity index (χ0n) is 15.7. The summed E-state index contributed by atoms with van der Waals surface area (Å²) in [6.45, 7) is 1.75. The van der Waals surface area contributed by atoms with Gasteiger partial charge in [-0.15, -0.1) is 0 Å². The molecule has 146 valence electrons. The number of anilines is 1. The summed E-state index contributed by atoms with van der Waals surface area (Å²) >= 11 is 0. The van der Waals surface area contributed by atoms with E-state index in [1.54, 1.807) is 60.7 Å². The van der Waals surface area contributed by atoms with Crippen LogP contribution in [0, 0.1) is 5.82 Å². The monoisotopic (exact) mass is 390 g/mol. The van der Waals surface area contributed by atoms with Crippen LogP contribution in [0.5, 0.6) is 0 Å². The van der Waals surface area contributed by atoms with Crippen LogP contribution in [0.15, 0.2) is 72.8 Å². The van der Waals surface area contributed by atoms with Crippen LogP contribution in [-0.2, 0) is 6.54 Å². The van der Waals surface area contributed by atoms with E-state index in [-0.39, 0.29) is 30.0 Å². The quantitative estimate of drug-likeness (QED) is 0.619. The first kappa shape index (κ1) is 19.9. The number of benzene rings is 3. The van der Waals surface area contributed by atoms with Gasteiger partial charge < -0.3 is 10.6 Å². The maximum atomic E-state index is 12.9. The normalized spacial score (nSPS) is 10.3. The van der Waals surface area contributed by atoms with Crippen LogP contribution in [0.1, 0.15) is 43.6 Å². The zero-order chi connectivity index (χ0) is 20.8. The molecule has 2 N–H and O–H groups in total.